The molecule has 0 heterocycles. The quantitative estimate of drug-likeness (QED) is 0.417. The van der Waals surface area contributed by atoms with Crippen LogP contribution in [0.25, 0.3) is 0 Å². The fraction of sp³-hybridized carbons (Fsp3) is 0.500. The molecule has 0 amide bonds. The predicted octanol–water partition coefficient (Wildman–Crippen LogP) is 7.85. The lowest BCUT2D eigenvalue weighted by atomic mass is 9.85. The van der Waals surface area contributed by atoms with Crippen molar-refractivity contribution >= 4 is 35.6 Å². The highest BCUT2D eigenvalue weighted by atomic mass is 35.5. The molecule has 3 rings (SSSR count). The molecule has 1 aliphatic carbocycles. The van der Waals surface area contributed by atoms with Crippen molar-refractivity contribution in [3.05, 3.63) is 56.6 Å². The van der Waals surface area contributed by atoms with Crippen LogP contribution in [-0.4, -0.2) is 34.7 Å². The molecule has 2 aromatic rings. The number of nitrogens with zero attached hydrogens (tertiary/aromatic N) is 2. The summed E-state index contributed by atoms with van der Waals surface area (Å²) in [4.78, 5) is 9.65. The molecule has 1 saturated carbocycles. The van der Waals surface area contributed by atoms with E-state index in [1.54, 1.807) is 24.6 Å². The molecule has 1 fully saturated rings. The summed E-state index contributed by atoms with van der Waals surface area (Å²) >= 11 is 12.7. The average molecular weight is 504 g/mol. The van der Waals surface area contributed by atoms with Crippen LogP contribution in [0, 0.1) is 0 Å². The second-order valence-electron chi connectivity index (χ2n) is 11.3. The Balaban J connectivity index is 1.88. The number of aliphatic imine (C=N–C) groups is 2. The topological polar surface area (TPSA) is 65.2 Å². The van der Waals surface area contributed by atoms with E-state index in [0.717, 1.165) is 36.8 Å². The Labute approximate surface area is 213 Å². The van der Waals surface area contributed by atoms with E-state index in [9.17, 15) is 10.2 Å². The first-order chi connectivity index (χ1) is 15.8. The first kappa shape index (κ1) is 26.6. The molecular weight excluding hydrogens is 467 g/mol. The molecule has 0 spiro atoms. The molecule has 0 aromatic heterocycles. The molecule has 6 heteroatoms. The van der Waals surface area contributed by atoms with Crippen LogP contribution in [0.2, 0.25) is 10.0 Å². The molecule has 0 bridgehead atoms. The van der Waals surface area contributed by atoms with E-state index in [0.29, 0.717) is 21.2 Å². The zero-order valence-electron chi connectivity index (χ0n) is 21.0. The van der Waals surface area contributed by atoms with Crippen molar-refractivity contribution in [2.45, 2.75) is 90.1 Å². The lowest BCUT2D eigenvalue weighted by Crippen LogP contribution is -2.27. The molecular formula is C28H36Cl2N2O2. The van der Waals surface area contributed by atoms with Crippen LogP contribution in [0.5, 0.6) is 11.5 Å². The second-order valence-corrected chi connectivity index (χ2v) is 12.1. The van der Waals surface area contributed by atoms with Crippen molar-refractivity contribution in [3.63, 3.8) is 0 Å². The Hall–Kier alpha value is -2.04. The van der Waals surface area contributed by atoms with Gasteiger partial charge in [-0.2, -0.15) is 0 Å². The molecule has 0 radical (unpaired) electrons. The fourth-order valence-corrected chi connectivity index (χ4v) is 4.83. The summed E-state index contributed by atoms with van der Waals surface area (Å²) in [5, 5.41) is 22.8. The number of rotatable bonds is 4. The summed E-state index contributed by atoms with van der Waals surface area (Å²) in [5.41, 5.74) is 2.36. The summed E-state index contributed by atoms with van der Waals surface area (Å²) in [6.45, 7) is 12.3. The highest BCUT2D eigenvalue weighted by Crippen LogP contribution is 2.37. The van der Waals surface area contributed by atoms with E-state index in [2.05, 4.69) is 0 Å². The van der Waals surface area contributed by atoms with Crippen LogP contribution in [0.4, 0.5) is 0 Å². The number of phenols is 2. The number of halogens is 2. The minimum atomic E-state index is -0.236. The summed E-state index contributed by atoms with van der Waals surface area (Å²) in [7, 11) is 0. The number of hydrogen-bond acceptors (Lipinski definition) is 4. The van der Waals surface area contributed by atoms with Crippen LogP contribution in [0.3, 0.4) is 0 Å². The van der Waals surface area contributed by atoms with E-state index in [1.165, 1.54) is 0 Å². The van der Waals surface area contributed by atoms with Gasteiger partial charge in [0.15, 0.2) is 0 Å². The molecule has 2 N–H and O–H groups in total. The summed E-state index contributed by atoms with van der Waals surface area (Å²) in [5.74, 6) is 0.435. The molecule has 0 saturated heterocycles. The van der Waals surface area contributed by atoms with Gasteiger partial charge in [0, 0.05) is 44.7 Å². The molecule has 34 heavy (non-hydrogen) atoms. The molecule has 184 valence electrons. The number of phenolic OH excluding ortho intramolecular Hbond substituents is 2. The van der Waals surface area contributed by atoms with Crippen molar-refractivity contribution in [2.24, 2.45) is 9.98 Å². The first-order valence-electron chi connectivity index (χ1n) is 11.9. The van der Waals surface area contributed by atoms with Gasteiger partial charge >= 0.3 is 0 Å². The van der Waals surface area contributed by atoms with Gasteiger partial charge in [0.25, 0.3) is 0 Å². The molecule has 4 nitrogen and oxygen atoms in total. The summed E-state index contributed by atoms with van der Waals surface area (Å²) < 4.78 is 0. The second kappa shape index (κ2) is 10.3. The van der Waals surface area contributed by atoms with Crippen LogP contribution >= 0.6 is 23.2 Å². The minimum Gasteiger partial charge on any atom is -0.507 e. The highest BCUT2D eigenvalue weighted by Gasteiger charge is 2.25. The van der Waals surface area contributed by atoms with E-state index < -0.39 is 0 Å². The lowest BCUT2D eigenvalue weighted by molar-refractivity contribution is 0.390. The third-order valence-electron chi connectivity index (χ3n) is 6.33. The smallest absolute Gasteiger partial charge is 0.128 e. The predicted molar refractivity (Wildman–Crippen MR) is 145 cm³/mol. The zero-order chi connectivity index (χ0) is 25.3. The Morgan fingerprint density at radius 1 is 0.706 bits per heavy atom. The van der Waals surface area contributed by atoms with Crippen molar-refractivity contribution in [2.75, 3.05) is 0 Å². The molecule has 1 aliphatic rings. The Bertz CT molecular complexity index is 1010. The maximum atomic E-state index is 10.8. The minimum absolute atomic E-state index is 0.00937. The Morgan fingerprint density at radius 3 is 1.38 bits per heavy atom. The maximum Gasteiger partial charge on any atom is 0.128 e. The van der Waals surface area contributed by atoms with Crippen LogP contribution in [-0.2, 0) is 10.8 Å². The van der Waals surface area contributed by atoms with Gasteiger partial charge < -0.3 is 10.2 Å². The van der Waals surface area contributed by atoms with Gasteiger partial charge in [-0.25, -0.2) is 0 Å². The number of hydrogen-bond donors (Lipinski definition) is 2. The fourth-order valence-electron chi connectivity index (χ4n) is 4.37. The van der Waals surface area contributed by atoms with Crippen LogP contribution in [0.15, 0.2) is 34.3 Å². The standard InChI is InChI=1S/C28H36Cl2N2O2/c1-27(2,3)21-13-19(29)11-17(25(21)33)15-31-23-9-7-8-10-24(23)32-16-18-12-20(30)14-22(26(18)34)28(4,5)6/h11-16,23-24,33-34H,7-10H2,1-6H3/t23-,24-/m1/s1. The highest BCUT2D eigenvalue weighted by molar-refractivity contribution is 6.31. The van der Waals surface area contributed by atoms with E-state index >= 15 is 0 Å². The third-order valence-corrected chi connectivity index (χ3v) is 6.76. The van der Waals surface area contributed by atoms with Crippen LogP contribution in [0.1, 0.15) is 89.5 Å². The Morgan fingerprint density at radius 2 is 1.06 bits per heavy atom. The molecule has 0 aliphatic heterocycles. The van der Waals surface area contributed by atoms with E-state index in [-0.39, 0.29) is 34.4 Å². The number of benzene rings is 2. The van der Waals surface area contributed by atoms with Gasteiger partial charge in [-0.05, 0) is 47.9 Å². The van der Waals surface area contributed by atoms with E-state index in [1.807, 2.05) is 53.7 Å². The number of aromatic hydroxyl groups is 2. The molecule has 2 atom stereocenters. The van der Waals surface area contributed by atoms with Crippen molar-refractivity contribution in [3.8, 4) is 11.5 Å². The van der Waals surface area contributed by atoms with Crippen molar-refractivity contribution in [1.82, 2.24) is 0 Å². The summed E-state index contributed by atoms with van der Waals surface area (Å²) in [6.07, 6.45) is 7.45. The van der Waals surface area contributed by atoms with Crippen molar-refractivity contribution < 1.29 is 10.2 Å². The summed E-state index contributed by atoms with van der Waals surface area (Å²) in [6, 6.07) is 7.09. The van der Waals surface area contributed by atoms with Crippen LogP contribution < -0.4 is 0 Å². The first-order valence-corrected chi connectivity index (χ1v) is 12.7. The average Bonchev–Trinajstić information content (AvgIpc) is 2.73. The van der Waals surface area contributed by atoms with Gasteiger partial charge in [-0.3, -0.25) is 9.98 Å². The largest absolute Gasteiger partial charge is 0.507 e. The van der Waals surface area contributed by atoms with E-state index in [4.69, 9.17) is 33.2 Å². The SMILES string of the molecule is CC(C)(C)c1cc(Cl)cc(C=N[C@@H]2CCCC[C@H]2N=Cc2cc(Cl)cc(C(C)(C)C)c2O)c1O. The maximum absolute atomic E-state index is 10.8. The van der Waals surface area contributed by atoms with Gasteiger partial charge in [-0.15, -0.1) is 0 Å². The Kier molecular flexibility index (Phi) is 8.04. The normalized spacial score (nSPS) is 19.9. The molecule has 2 aromatic carbocycles. The van der Waals surface area contributed by atoms with Crippen molar-refractivity contribution in [1.29, 1.82) is 0 Å². The van der Waals surface area contributed by atoms with Gasteiger partial charge in [-0.1, -0.05) is 77.6 Å². The molecule has 0 unspecified atom stereocenters. The van der Waals surface area contributed by atoms with Gasteiger partial charge in [0.05, 0.1) is 12.1 Å². The van der Waals surface area contributed by atoms with Gasteiger partial charge in [0.2, 0.25) is 0 Å². The van der Waals surface area contributed by atoms with Gasteiger partial charge in [0.1, 0.15) is 11.5 Å². The third kappa shape index (κ3) is 6.34. The zero-order valence-corrected chi connectivity index (χ0v) is 22.5. The monoisotopic (exact) mass is 502 g/mol. The lowest BCUT2D eigenvalue weighted by Gasteiger charge is -2.26.